The maximum Gasteiger partial charge on any atom is 0.273 e. The monoisotopic (exact) mass is 396 g/mol. The molecule has 1 amide bonds. The molecule has 27 heavy (non-hydrogen) atoms. The molecule has 148 valence electrons. The first-order valence-electron chi connectivity index (χ1n) is 8.86. The zero-order valence-corrected chi connectivity index (χ0v) is 16.7. The normalized spacial score (nSPS) is 18.8. The molecule has 10 nitrogen and oxygen atoms in total. The van der Waals surface area contributed by atoms with Crippen LogP contribution in [0.1, 0.15) is 54.7 Å². The summed E-state index contributed by atoms with van der Waals surface area (Å²) in [6, 6.07) is -0.199. The molecule has 0 aromatic carbocycles. The van der Waals surface area contributed by atoms with Crippen LogP contribution in [-0.2, 0) is 10.0 Å². The van der Waals surface area contributed by atoms with E-state index in [2.05, 4.69) is 20.8 Å². The van der Waals surface area contributed by atoms with Crippen LogP contribution < -0.4 is 5.32 Å². The molecule has 2 aromatic rings. The van der Waals surface area contributed by atoms with E-state index in [1.165, 1.54) is 4.31 Å². The molecule has 1 N–H and O–H groups in total. The number of rotatable bonds is 5. The molecule has 2 aromatic heterocycles. The fraction of sp³-hybridized carbons (Fsp3) is 0.625. The number of aromatic nitrogens is 4. The van der Waals surface area contributed by atoms with Gasteiger partial charge >= 0.3 is 0 Å². The standard InChI is InChI=1S/C16H24N6O4S/c1-10(2)17-16(23)14-9-22(20-18-14)13-6-5-7-21(8-13)27(24,25)15-11(3)19-26-12(15)4/h9-10,13H,5-8H2,1-4H3,(H,17,23). The zero-order valence-electron chi connectivity index (χ0n) is 15.8. The fourth-order valence-electron chi connectivity index (χ4n) is 3.22. The molecule has 1 aliphatic rings. The Labute approximate surface area is 157 Å². The van der Waals surface area contributed by atoms with E-state index in [0.717, 1.165) is 6.42 Å². The first-order valence-corrected chi connectivity index (χ1v) is 10.3. The highest BCUT2D eigenvalue weighted by Crippen LogP contribution is 2.29. The molecular weight excluding hydrogens is 372 g/mol. The van der Waals surface area contributed by atoms with E-state index in [1.54, 1.807) is 24.7 Å². The largest absolute Gasteiger partial charge is 0.360 e. The van der Waals surface area contributed by atoms with Gasteiger partial charge in [0.2, 0.25) is 10.0 Å². The van der Waals surface area contributed by atoms with Gasteiger partial charge in [-0.3, -0.25) is 4.79 Å². The van der Waals surface area contributed by atoms with E-state index in [4.69, 9.17) is 4.52 Å². The Bertz CT molecular complexity index is 913. The van der Waals surface area contributed by atoms with Crippen molar-refractivity contribution in [3.05, 3.63) is 23.3 Å². The average molecular weight is 396 g/mol. The smallest absolute Gasteiger partial charge is 0.273 e. The molecule has 0 aliphatic carbocycles. The van der Waals surface area contributed by atoms with Gasteiger partial charge in [-0.2, -0.15) is 4.31 Å². The molecule has 3 rings (SSSR count). The summed E-state index contributed by atoms with van der Waals surface area (Å²) in [4.78, 5) is 12.2. The van der Waals surface area contributed by atoms with Crippen LogP contribution in [0, 0.1) is 13.8 Å². The van der Waals surface area contributed by atoms with Crippen LogP contribution in [0.4, 0.5) is 0 Å². The first-order chi connectivity index (χ1) is 12.7. The Kier molecular flexibility index (Phi) is 5.33. The van der Waals surface area contributed by atoms with Gasteiger partial charge in [-0.05, 0) is 40.5 Å². The van der Waals surface area contributed by atoms with Crippen molar-refractivity contribution in [2.45, 2.75) is 57.5 Å². The zero-order chi connectivity index (χ0) is 19.8. The van der Waals surface area contributed by atoms with Gasteiger partial charge in [0.15, 0.2) is 11.5 Å². The van der Waals surface area contributed by atoms with Gasteiger partial charge in [-0.25, -0.2) is 13.1 Å². The van der Waals surface area contributed by atoms with Crippen molar-refractivity contribution in [1.82, 2.24) is 29.8 Å². The number of nitrogens with zero attached hydrogens (tertiary/aromatic N) is 5. The summed E-state index contributed by atoms with van der Waals surface area (Å²) in [6.07, 6.45) is 3.00. The van der Waals surface area contributed by atoms with Gasteiger partial charge in [0.1, 0.15) is 10.6 Å². The number of sulfonamides is 1. The summed E-state index contributed by atoms with van der Waals surface area (Å²) in [5.41, 5.74) is 0.567. The van der Waals surface area contributed by atoms with Crippen molar-refractivity contribution < 1.29 is 17.7 Å². The number of amides is 1. The number of piperidine rings is 1. The molecule has 3 heterocycles. The third kappa shape index (κ3) is 3.88. The minimum absolute atomic E-state index is 0.00647. The van der Waals surface area contributed by atoms with Crippen molar-refractivity contribution in [2.24, 2.45) is 0 Å². The second-order valence-electron chi connectivity index (χ2n) is 7.02. The van der Waals surface area contributed by atoms with Crippen LogP contribution in [-0.4, -0.2) is 57.9 Å². The average Bonchev–Trinajstić information content (AvgIpc) is 3.22. The first kappa shape index (κ1) is 19.5. The van der Waals surface area contributed by atoms with Crippen molar-refractivity contribution in [3.63, 3.8) is 0 Å². The number of nitrogens with one attached hydrogen (secondary N) is 1. The minimum Gasteiger partial charge on any atom is -0.360 e. The van der Waals surface area contributed by atoms with Gasteiger partial charge in [-0.1, -0.05) is 10.4 Å². The quantitative estimate of drug-likeness (QED) is 0.801. The van der Waals surface area contributed by atoms with E-state index in [-0.39, 0.29) is 40.9 Å². The summed E-state index contributed by atoms with van der Waals surface area (Å²) in [7, 11) is -3.71. The Morgan fingerprint density at radius 1 is 1.37 bits per heavy atom. The maximum atomic E-state index is 13.0. The van der Waals surface area contributed by atoms with Crippen LogP contribution in [0.3, 0.4) is 0 Å². The molecule has 1 aliphatic heterocycles. The molecule has 0 bridgehead atoms. The summed E-state index contributed by atoms with van der Waals surface area (Å²) in [5, 5.41) is 14.5. The Morgan fingerprint density at radius 2 is 2.11 bits per heavy atom. The Morgan fingerprint density at radius 3 is 2.74 bits per heavy atom. The fourth-order valence-corrected chi connectivity index (χ4v) is 5.03. The van der Waals surface area contributed by atoms with Gasteiger partial charge in [0, 0.05) is 19.1 Å². The topological polar surface area (TPSA) is 123 Å². The molecular formula is C16H24N6O4S. The van der Waals surface area contributed by atoms with Crippen LogP contribution in [0.15, 0.2) is 15.6 Å². The summed E-state index contributed by atoms with van der Waals surface area (Å²) in [5.74, 6) is -0.0183. The lowest BCUT2D eigenvalue weighted by Crippen LogP contribution is -2.41. The molecule has 0 radical (unpaired) electrons. The minimum atomic E-state index is -3.71. The van der Waals surface area contributed by atoms with E-state index < -0.39 is 10.0 Å². The van der Waals surface area contributed by atoms with Crippen molar-refractivity contribution in [1.29, 1.82) is 0 Å². The summed E-state index contributed by atoms with van der Waals surface area (Å²) in [6.45, 7) is 7.59. The highest BCUT2D eigenvalue weighted by atomic mass is 32.2. The van der Waals surface area contributed by atoms with Crippen LogP contribution in [0.2, 0.25) is 0 Å². The van der Waals surface area contributed by atoms with Gasteiger partial charge in [-0.15, -0.1) is 5.10 Å². The van der Waals surface area contributed by atoms with Crippen molar-refractivity contribution in [2.75, 3.05) is 13.1 Å². The lowest BCUT2D eigenvalue weighted by Gasteiger charge is -2.31. The SMILES string of the molecule is Cc1noc(C)c1S(=O)(=O)N1CCCC(n2cc(C(=O)NC(C)C)nn2)C1. The highest BCUT2D eigenvalue weighted by Gasteiger charge is 2.35. The number of carbonyl (C=O) groups is 1. The Balaban J connectivity index is 1.79. The molecule has 11 heteroatoms. The van der Waals surface area contributed by atoms with Gasteiger partial charge < -0.3 is 9.84 Å². The summed E-state index contributed by atoms with van der Waals surface area (Å²) < 4.78 is 34.0. The molecule has 1 saturated heterocycles. The number of carbonyl (C=O) groups excluding carboxylic acids is 1. The molecule has 0 spiro atoms. The number of aryl methyl sites for hydroxylation is 2. The van der Waals surface area contributed by atoms with Crippen LogP contribution >= 0.6 is 0 Å². The predicted octanol–water partition coefficient (Wildman–Crippen LogP) is 1.05. The molecule has 1 atom stereocenters. The van der Waals surface area contributed by atoms with Crippen LogP contribution in [0.25, 0.3) is 0 Å². The highest BCUT2D eigenvalue weighted by molar-refractivity contribution is 7.89. The van der Waals surface area contributed by atoms with Crippen molar-refractivity contribution >= 4 is 15.9 Å². The van der Waals surface area contributed by atoms with Crippen LogP contribution in [0.5, 0.6) is 0 Å². The van der Waals surface area contributed by atoms with Gasteiger partial charge in [0.25, 0.3) is 5.91 Å². The predicted molar refractivity (Wildman–Crippen MR) is 95.6 cm³/mol. The van der Waals surface area contributed by atoms with Gasteiger partial charge in [0.05, 0.1) is 12.2 Å². The number of hydrogen-bond donors (Lipinski definition) is 1. The van der Waals surface area contributed by atoms with E-state index in [1.807, 2.05) is 13.8 Å². The molecule has 0 saturated carbocycles. The third-order valence-electron chi connectivity index (χ3n) is 4.46. The third-order valence-corrected chi connectivity index (χ3v) is 6.57. The Hall–Kier alpha value is -2.27. The van der Waals surface area contributed by atoms with E-state index in [9.17, 15) is 13.2 Å². The lowest BCUT2D eigenvalue weighted by molar-refractivity contribution is 0.0938. The molecule has 1 unspecified atom stereocenters. The van der Waals surface area contributed by atoms with E-state index in [0.29, 0.717) is 18.7 Å². The maximum absolute atomic E-state index is 13.0. The molecule has 1 fully saturated rings. The van der Waals surface area contributed by atoms with E-state index >= 15 is 0 Å². The lowest BCUT2D eigenvalue weighted by atomic mass is 10.1. The van der Waals surface area contributed by atoms with Crippen molar-refractivity contribution in [3.8, 4) is 0 Å². The number of hydrogen-bond acceptors (Lipinski definition) is 7. The second-order valence-corrected chi connectivity index (χ2v) is 8.90. The second kappa shape index (κ2) is 7.39. The summed E-state index contributed by atoms with van der Waals surface area (Å²) >= 11 is 0.